The second kappa shape index (κ2) is 63.0. The summed E-state index contributed by atoms with van der Waals surface area (Å²) in [4.78, 5) is 40.2. The minimum absolute atomic E-state index is 0.0300. The zero-order valence-corrected chi connectivity index (χ0v) is 56.5. The van der Waals surface area contributed by atoms with Crippen LogP contribution in [0.15, 0.2) is 97.2 Å². The van der Waals surface area contributed by atoms with Crippen LogP contribution in [-0.4, -0.2) is 69.4 Å². The number of nitrogens with one attached hydrogen (secondary N) is 1. The molecule has 0 aliphatic heterocycles. The predicted molar refractivity (Wildman–Crippen MR) is 362 cm³/mol. The number of esters is 1. The third-order valence-corrected chi connectivity index (χ3v) is 16.2. The van der Waals surface area contributed by atoms with Gasteiger partial charge in [-0.15, -0.1) is 0 Å². The third-order valence-electron chi connectivity index (χ3n) is 15.2. The first-order valence-electron chi connectivity index (χ1n) is 35.0. The van der Waals surface area contributed by atoms with Crippen LogP contribution in [0.25, 0.3) is 0 Å². The molecule has 0 bridgehead atoms. The van der Waals surface area contributed by atoms with Crippen molar-refractivity contribution in [2.75, 3.05) is 40.9 Å². The van der Waals surface area contributed by atoms with E-state index >= 15 is 0 Å². The van der Waals surface area contributed by atoms with Gasteiger partial charge in [0.05, 0.1) is 33.8 Å². The van der Waals surface area contributed by atoms with E-state index in [0.29, 0.717) is 23.9 Å². The lowest BCUT2D eigenvalue weighted by atomic mass is 10.0. The zero-order valence-electron chi connectivity index (χ0n) is 55.6. The minimum Gasteiger partial charge on any atom is -0.756 e. The smallest absolute Gasteiger partial charge is 0.306 e. The Kier molecular flexibility index (Phi) is 60.7. The fraction of sp³-hybridized carbons (Fsp3) is 0.757. The molecule has 486 valence electrons. The first-order valence-corrected chi connectivity index (χ1v) is 36.5. The average Bonchev–Trinajstić information content (AvgIpc) is 3.65. The molecule has 0 aliphatic rings. The standard InChI is InChI=1S/C74H133N2O7P/c1-7-10-13-16-19-22-25-28-30-32-34-36-38-40-42-44-46-48-51-54-57-60-63-66-73(77)75-71(70-82-84(79,80)81-69-68-76(4,5)6)72(65-62-59-56-53-50-27-24-21-18-15-12-9-3)83-74(78)67-64-61-58-55-52-49-47-45-43-41-39-37-35-33-31-29-26-23-20-17-14-11-8-2/h11,14,20,23,28-31,35,37,41,43,47,49,62,65,71-72H,7-10,12-13,15-19,21-22,24-27,32-34,36,38-40,42,44-46,48,50-61,63-64,66-70H2,1-6H3,(H-,75,77,79,80)/b14-11-,23-20-,30-28+,31-29-,37-35-,43-41-,49-47-,65-62+. The molecule has 9 nitrogen and oxygen atoms in total. The van der Waals surface area contributed by atoms with Crippen molar-refractivity contribution in [1.29, 1.82) is 0 Å². The van der Waals surface area contributed by atoms with Gasteiger partial charge in [-0.05, 0) is 109 Å². The highest BCUT2D eigenvalue weighted by Crippen LogP contribution is 2.38. The van der Waals surface area contributed by atoms with Gasteiger partial charge in [0.1, 0.15) is 19.3 Å². The SMILES string of the molecule is CC/C=C\C/C=C\C/C=C\C/C=C\C/C=C\C/C=C\CCCCCCC(=O)OC(/C=C/CCCCCCCCCCCC)C(COP(=O)([O-])OCC[N+](C)(C)C)NC(=O)CCCCCCCCCCCCCCC/C=C/CCCCCCCC. The van der Waals surface area contributed by atoms with Crippen molar-refractivity contribution >= 4 is 19.7 Å². The first-order chi connectivity index (χ1) is 40.9. The molecule has 0 aromatic heterocycles. The Morgan fingerprint density at radius 3 is 1.15 bits per heavy atom. The van der Waals surface area contributed by atoms with Crippen molar-refractivity contribution in [3.63, 3.8) is 0 Å². The molecule has 0 heterocycles. The van der Waals surface area contributed by atoms with E-state index in [1.165, 1.54) is 167 Å². The van der Waals surface area contributed by atoms with Gasteiger partial charge in [0.25, 0.3) is 7.82 Å². The molecule has 0 spiro atoms. The summed E-state index contributed by atoms with van der Waals surface area (Å²) >= 11 is 0. The molecule has 1 amide bonds. The topological polar surface area (TPSA) is 114 Å². The van der Waals surface area contributed by atoms with Crippen molar-refractivity contribution in [3.05, 3.63) is 97.2 Å². The summed E-state index contributed by atoms with van der Waals surface area (Å²) in [5.41, 5.74) is 0. The maximum Gasteiger partial charge on any atom is 0.306 e. The lowest BCUT2D eigenvalue weighted by Crippen LogP contribution is -2.47. The molecule has 3 unspecified atom stereocenters. The molecule has 0 aromatic carbocycles. The number of hydrogen-bond donors (Lipinski definition) is 1. The number of carbonyl (C=O) groups excluding carboxylic acids is 2. The average molecular weight is 1190 g/mol. The Balaban J connectivity index is 5.15. The van der Waals surface area contributed by atoms with Gasteiger partial charge in [-0.25, -0.2) is 0 Å². The molecule has 84 heavy (non-hydrogen) atoms. The van der Waals surface area contributed by atoms with Crippen molar-refractivity contribution in [3.8, 4) is 0 Å². The number of allylic oxidation sites excluding steroid dienone is 15. The van der Waals surface area contributed by atoms with Gasteiger partial charge < -0.3 is 28.5 Å². The predicted octanol–water partition coefficient (Wildman–Crippen LogP) is 21.7. The maximum absolute atomic E-state index is 13.6. The molecular formula is C74H133N2O7P. The molecule has 0 aromatic rings. The zero-order chi connectivity index (χ0) is 61.4. The second-order valence-corrected chi connectivity index (χ2v) is 26.1. The number of phosphoric acid groups is 1. The summed E-state index contributed by atoms with van der Waals surface area (Å²) in [7, 11) is 1.17. The Bertz CT molecular complexity index is 1760. The number of hydrogen-bond acceptors (Lipinski definition) is 7. The number of carbonyl (C=O) groups is 2. The number of phosphoric ester groups is 1. The van der Waals surface area contributed by atoms with E-state index in [1.54, 1.807) is 0 Å². The van der Waals surface area contributed by atoms with E-state index in [-0.39, 0.29) is 24.9 Å². The number of amides is 1. The number of rotatable bonds is 63. The van der Waals surface area contributed by atoms with Crippen LogP contribution in [-0.2, 0) is 27.9 Å². The molecule has 0 saturated carbocycles. The van der Waals surface area contributed by atoms with Crippen LogP contribution in [0.2, 0.25) is 0 Å². The number of likely N-dealkylation sites (N-methyl/N-ethyl adjacent to an activating group) is 1. The molecule has 0 saturated heterocycles. The molecule has 0 rings (SSSR count). The number of unbranched alkanes of at least 4 members (excludes halogenated alkanes) is 33. The van der Waals surface area contributed by atoms with Crippen LogP contribution in [0.1, 0.15) is 310 Å². The fourth-order valence-corrected chi connectivity index (χ4v) is 10.6. The normalized spacial score (nSPS) is 14.1. The van der Waals surface area contributed by atoms with Gasteiger partial charge in [-0.2, -0.15) is 0 Å². The molecular weight excluding hydrogens is 1060 g/mol. The van der Waals surface area contributed by atoms with Crippen molar-refractivity contribution in [2.24, 2.45) is 0 Å². The Hall–Kier alpha value is -3.07. The number of ether oxygens (including phenoxy) is 1. The van der Waals surface area contributed by atoms with Crippen LogP contribution in [0, 0.1) is 0 Å². The molecule has 0 radical (unpaired) electrons. The molecule has 1 N–H and O–H groups in total. The summed E-state index contributed by atoms with van der Waals surface area (Å²) in [6, 6.07) is -0.905. The summed E-state index contributed by atoms with van der Waals surface area (Å²) in [6.07, 6.45) is 85.3. The van der Waals surface area contributed by atoms with Crippen LogP contribution in [0.3, 0.4) is 0 Å². The largest absolute Gasteiger partial charge is 0.756 e. The van der Waals surface area contributed by atoms with Gasteiger partial charge in [-0.3, -0.25) is 14.2 Å². The van der Waals surface area contributed by atoms with Gasteiger partial charge >= 0.3 is 5.97 Å². The third kappa shape index (κ3) is 63.4. The summed E-state index contributed by atoms with van der Waals surface area (Å²) < 4.78 is 30.4. The number of nitrogens with zero attached hydrogens (tertiary/aromatic N) is 1. The van der Waals surface area contributed by atoms with Crippen LogP contribution >= 0.6 is 7.82 Å². The first kappa shape index (κ1) is 80.9. The van der Waals surface area contributed by atoms with E-state index in [0.717, 1.165) is 103 Å². The highest BCUT2D eigenvalue weighted by molar-refractivity contribution is 7.45. The quantitative estimate of drug-likeness (QED) is 0.0212. The van der Waals surface area contributed by atoms with Gasteiger partial charge in [0.15, 0.2) is 0 Å². The van der Waals surface area contributed by atoms with E-state index in [1.807, 2.05) is 33.3 Å². The van der Waals surface area contributed by atoms with Crippen molar-refractivity contribution in [2.45, 2.75) is 322 Å². The van der Waals surface area contributed by atoms with E-state index < -0.39 is 26.6 Å². The molecule has 0 fully saturated rings. The number of quaternary nitrogens is 1. The van der Waals surface area contributed by atoms with E-state index in [4.69, 9.17) is 13.8 Å². The Morgan fingerprint density at radius 1 is 0.429 bits per heavy atom. The summed E-state index contributed by atoms with van der Waals surface area (Å²) in [5.74, 6) is -0.566. The highest BCUT2D eigenvalue weighted by Gasteiger charge is 2.27. The van der Waals surface area contributed by atoms with Crippen LogP contribution < -0.4 is 10.2 Å². The Labute approximate surface area is 519 Å². The van der Waals surface area contributed by atoms with Crippen molar-refractivity contribution < 1.29 is 37.3 Å². The van der Waals surface area contributed by atoms with Gasteiger partial charge in [0, 0.05) is 12.8 Å². The maximum atomic E-state index is 13.6. The second-order valence-electron chi connectivity index (χ2n) is 24.6. The molecule has 3 atom stereocenters. The lowest BCUT2D eigenvalue weighted by Gasteiger charge is -2.30. The summed E-state index contributed by atoms with van der Waals surface area (Å²) in [5, 5.41) is 3.04. The minimum atomic E-state index is -4.71. The van der Waals surface area contributed by atoms with E-state index in [9.17, 15) is 19.0 Å². The van der Waals surface area contributed by atoms with E-state index in [2.05, 4.69) is 111 Å². The monoisotopic (exact) mass is 1190 g/mol. The van der Waals surface area contributed by atoms with Crippen molar-refractivity contribution in [1.82, 2.24) is 5.32 Å². The van der Waals surface area contributed by atoms with Crippen LogP contribution in [0.5, 0.6) is 0 Å². The summed E-state index contributed by atoms with van der Waals surface area (Å²) in [6.45, 7) is 6.73. The highest BCUT2D eigenvalue weighted by atomic mass is 31.2. The molecule has 10 heteroatoms. The molecule has 0 aliphatic carbocycles. The Morgan fingerprint density at radius 2 is 0.762 bits per heavy atom. The lowest BCUT2D eigenvalue weighted by molar-refractivity contribution is -0.870. The van der Waals surface area contributed by atoms with Gasteiger partial charge in [-0.1, -0.05) is 285 Å². The fourth-order valence-electron chi connectivity index (χ4n) is 9.87. The van der Waals surface area contributed by atoms with Crippen LogP contribution in [0.4, 0.5) is 0 Å². The van der Waals surface area contributed by atoms with Gasteiger partial charge in [0.2, 0.25) is 5.91 Å².